The second kappa shape index (κ2) is 6.48. The highest BCUT2D eigenvalue weighted by atomic mass is 16.2. The normalized spacial score (nSPS) is 22.7. The number of urea groups is 1. The zero-order chi connectivity index (χ0) is 14.7. The van der Waals surface area contributed by atoms with Gasteiger partial charge in [-0.2, -0.15) is 0 Å². The molecule has 1 aromatic carbocycles. The van der Waals surface area contributed by atoms with Crippen molar-refractivity contribution in [3.63, 3.8) is 0 Å². The van der Waals surface area contributed by atoms with Gasteiger partial charge in [0.25, 0.3) is 0 Å². The monoisotopic (exact) mass is 287 g/mol. The van der Waals surface area contributed by atoms with Crippen LogP contribution in [0.25, 0.3) is 0 Å². The summed E-state index contributed by atoms with van der Waals surface area (Å²) in [6, 6.07) is 8.70. The van der Waals surface area contributed by atoms with Gasteiger partial charge in [0.1, 0.15) is 0 Å². The molecule has 1 atom stereocenters. The Kier molecular flexibility index (Phi) is 4.44. The number of nitrogens with zero attached hydrogens (tertiary/aromatic N) is 2. The van der Waals surface area contributed by atoms with Gasteiger partial charge in [-0.25, -0.2) is 4.79 Å². The predicted molar refractivity (Wildman–Crippen MR) is 85.6 cm³/mol. The molecule has 2 fully saturated rings. The van der Waals surface area contributed by atoms with E-state index in [1.54, 1.807) is 0 Å². The van der Waals surface area contributed by atoms with Crippen LogP contribution in [-0.4, -0.2) is 48.1 Å². The van der Waals surface area contributed by atoms with Gasteiger partial charge in [-0.1, -0.05) is 31.5 Å². The molecule has 2 heterocycles. The maximum absolute atomic E-state index is 12.5. The number of aryl methyl sites for hydroxylation is 1. The number of piperazine rings is 1. The summed E-state index contributed by atoms with van der Waals surface area (Å²) in [5.74, 6) is 0. The van der Waals surface area contributed by atoms with Crippen LogP contribution in [0, 0.1) is 0 Å². The number of carbonyl (C=O) groups is 1. The van der Waals surface area contributed by atoms with E-state index in [9.17, 15) is 4.79 Å². The minimum absolute atomic E-state index is 0.0566. The van der Waals surface area contributed by atoms with Crippen LogP contribution in [0.1, 0.15) is 31.7 Å². The second-order valence-corrected chi connectivity index (χ2v) is 6.07. The molecule has 21 heavy (non-hydrogen) atoms. The van der Waals surface area contributed by atoms with Crippen LogP contribution in [0.4, 0.5) is 10.5 Å². The maximum atomic E-state index is 12.5. The summed E-state index contributed by atoms with van der Waals surface area (Å²) in [5.41, 5.74) is 2.15. The highest BCUT2D eigenvalue weighted by Crippen LogP contribution is 2.22. The number of para-hydroxylation sites is 1. The van der Waals surface area contributed by atoms with Crippen molar-refractivity contribution in [3.8, 4) is 0 Å². The summed E-state index contributed by atoms with van der Waals surface area (Å²) in [6.07, 6.45) is 4.78. The largest absolute Gasteiger partial charge is 0.322 e. The molecule has 2 aliphatic heterocycles. The third kappa shape index (κ3) is 3.21. The number of amides is 2. The first-order valence-corrected chi connectivity index (χ1v) is 8.16. The van der Waals surface area contributed by atoms with Gasteiger partial charge >= 0.3 is 6.03 Å². The molecule has 0 radical (unpaired) electrons. The van der Waals surface area contributed by atoms with Crippen LogP contribution < -0.4 is 5.32 Å². The number of piperidine rings is 1. The minimum atomic E-state index is 0.0566. The molecular formula is C17H25N3O. The molecule has 4 nitrogen and oxygen atoms in total. The lowest BCUT2D eigenvalue weighted by Crippen LogP contribution is -2.56. The Balaban J connectivity index is 1.63. The Morgan fingerprint density at radius 3 is 2.95 bits per heavy atom. The summed E-state index contributed by atoms with van der Waals surface area (Å²) >= 11 is 0. The standard InChI is InChI=1S/C17H25N3O/c1-2-14-7-3-4-9-16(14)18-17(21)20-12-11-19-10-6-5-8-15(19)13-20/h3-4,7,9,15H,2,5-6,8,10-13H2,1H3,(H,18,21). The molecule has 4 heteroatoms. The smallest absolute Gasteiger partial charge is 0.321 e. The topological polar surface area (TPSA) is 35.6 Å². The van der Waals surface area contributed by atoms with E-state index in [4.69, 9.17) is 0 Å². The van der Waals surface area contributed by atoms with Crippen molar-refractivity contribution >= 4 is 11.7 Å². The molecule has 0 spiro atoms. The Morgan fingerprint density at radius 2 is 2.10 bits per heavy atom. The Labute approximate surface area is 127 Å². The third-order valence-electron chi connectivity index (χ3n) is 4.76. The zero-order valence-corrected chi connectivity index (χ0v) is 12.8. The molecule has 1 unspecified atom stereocenters. The number of carbonyl (C=O) groups excluding carboxylic acids is 1. The first kappa shape index (κ1) is 14.4. The number of nitrogens with one attached hydrogen (secondary N) is 1. The van der Waals surface area contributed by atoms with Crippen LogP contribution in [0.5, 0.6) is 0 Å². The fourth-order valence-electron chi connectivity index (χ4n) is 3.49. The van der Waals surface area contributed by atoms with Gasteiger partial charge in [-0.15, -0.1) is 0 Å². The summed E-state index contributed by atoms with van der Waals surface area (Å²) in [7, 11) is 0. The number of fused-ring (bicyclic) bond motifs is 1. The lowest BCUT2D eigenvalue weighted by molar-refractivity contribution is 0.0678. The third-order valence-corrected chi connectivity index (χ3v) is 4.76. The molecule has 0 bridgehead atoms. The Bertz CT molecular complexity index is 503. The van der Waals surface area contributed by atoms with Crippen LogP contribution >= 0.6 is 0 Å². The van der Waals surface area contributed by atoms with Gasteiger partial charge in [-0.3, -0.25) is 4.90 Å². The molecule has 2 amide bonds. The molecule has 0 aliphatic carbocycles. The van der Waals surface area contributed by atoms with Gasteiger partial charge in [0.2, 0.25) is 0 Å². The van der Waals surface area contributed by atoms with E-state index < -0.39 is 0 Å². The zero-order valence-electron chi connectivity index (χ0n) is 12.8. The number of benzene rings is 1. The average molecular weight is 287 g/mol. The number of hydrogen-bond donors (Lipinski definition) is 1. The highest BCUT2D eigenvalue weighted by Gasteiger charge is 2.31. The molecular weight excluding hydrogens is 262 g/mol. The van der Waals surface area contributed by atoms with Crippen LogP contribution in [0.2, 0.25) is 0 Å². The first-order valence-electron chi connectivity index (χ1n) is 8.16. The van der Waals surface area contributed by atoms with Crippen molar-refractivity contribution < 1.29 is 4.79 Å². The van der Waals surface area contributed by atoms with Gasteiger partial charge in [0.05, 0.1) is 0 Å². The molecule has 1 aromatic rings. The Morgan fingerprint density at radius 1 is 1.24 bits per heavy atom. The van der Waals surface area contributed by atoms with Crippen LogP contribution in [0.3, 0.4) is 0 Å². The maximum Gasteiger partial charge on any atom is 0.321 e. The van der Waals surface area contributed by atoms with Crippen LogP contribution in [-0.2, 0) is 6.42 Å². The van der Waals surface area contributed by atoms with E-state index in [1.807, 2.05) is 23.1 Å². The quantitative estimate of drug-likeness (QED) is 0.907. The van der Waals surface area contributed by atoms with E-state index >= 15 is 0 Å². The summed E-state index contributed by atoms with van der Waals surface area (Å²) in [6.45, 7) is 6.06. The van der Waals surface area contributed by atoms with E-state index in [0.717, 1.165) is 31.7 Å². The van der Waals surface area contributed by atoms with Gasteiger partial charge < -0.3 is 10.2 Å². The van der Waals surface area contributed by atoms with E-state index in [-0.39, 0.29) is 6.03 Å². The van der Waals surface area contributed by atoms with Crippen molar-refractivity contribution in [1.82, 2.24) is 9.80 Å². The van der Waals surface area contributed by atoms with E-state index in [1.165, 1.54) is 31.4 Å². The molecule has 114 valence electrons. The van der Waals surface area contributed by atoms with E-state index in [0.29, 0.717) is 6.04 Å². The van der Waals surface area contributed by atoms with Gasteiger partial charge in [0.15, 0.2) is 0 Å². The highest BCUT2D eigenvalue weighted by molar-refractivity contribution is 5.90. The molecule has 2 aliphatic rings. The van der Waals surface area contributed by atoms with Gasteiger partial charge in [0, 0.05) is 31.4 Å². The summed E-state index contributed by atoms with van der Waals surface area (Å²) in [5, 5.41) is 3.10. The summed E-state index contributed by atoms with van der Waals surface area (Å²) in [4.78, 5) is 17.0. The molecule has 0 aromatic heterocycles. The van der Waals surface area contributed by atoms with Crippen molar-refractivity contribution in [1.29, 1.82) is 0 Å². The SMILES string of the molecule is CCc1ccccc1NC(=O)N1CCN2CCCCC2C1. The summed E-state index contributed by atoms with van der Waals surface area (Å²) < 4.78 is 0. The van der Waals surface area contributed by atoms with Gasteiger partial charge in [-0.05, 0) is 37.4 Å². The van der Waals surface area contributed by atoms with Crippen molar-refractivity contribution in [2.24, 2.45) is 0 Å². The number of hydrogen-bond acceptors (Lipinski definition) is 2. The first-order chi connectivity index (χ1) is 10.3. The molecule has 3 rings (SSSR count). The second-order valence-electron chi connectivity index (χ2n) is 6.07. The van der Waals surface area contributed by atoms with Crippen molar-refractivity contribution in [2.45, 2.75) is 38.6 Å². The lowest BCUT2D eigenvalue weighted by atomic mass is 10.00. The van der Waals surface area contributed by atoms with Crippen molar-refractivity contribution in [2.75, 3.05) is 31.5 Å². The fraction of sp³-hybridized carbons (Fsp3) is 0.588. The lowest BCUT2D eigenvalue weighted by Gasteiger charge is -2.43. The average Bonchev–Trinajstić information content (AvgIpc) is 2.55. The van der Waals surface area contributed by atoms with Crippen LogP contribution in [0.15, 0.2) is 24.3 Å². The van der Waals surface area contributed by atoms with Crippen molar-refractivity contribution in [3.05, 3.63) is 29.8 Å². The molecule has 0 saturated carbocycles. The molecule has 2 saturated heterocycles. The fourth-order valence-corrected chi connectivity index (χ4v) is 3.49. The number of anilines is 1. The van der Waals surface area contributed by atoms with E-state index in [2.05, 4.69) is 23.2 Å². The molecule has 1 N–H and O–H groups in total. The number of rotatable bonds is 2. The Hall–Kier alpha value is -1.55. The predicted octanol–water partition coefficient (Wildman–Crippen LogP) is 2.95. The minimum Gasteiger partial charge on any atom is -0.322 e.